The molecule has 0 radical (unpaired) electrons. The normalized spacial score (nSPS) is 10.9. The fourth-order valence-corrected chi connectivity index (χ4v) is 2.61. The maximum atomic E-state index is 11.8. The Morgan fingerprint density at radius 1 is 0.958 bits per heavy atom. The SMILES string of the molecule is COC(=O)c1occc1CN(Cc1ccccc1)Cc1ccco1. The highest BCUT2D eigenvalue weighted by atomic mass is 16.5. The zero-order valence-electron chi connectivity index (χ0n) is 13.5. The molecule has 0 aliphatic carbocycles. The van der Waals surface area contributed by atoms with Crippen LogP contribution in [-0.4, -0.2) is 18.0 Å². The highest BCUT2D eigenvalue weighted by molar-refractivity contribution is 5.87. The number of ether oxygens (including phenoxy) is 1. The molecule has 0 spiro atoms. The Hall–Kier alpha value is -2.79. The monoisotopic (exact) mass is 325 g/mol. The second kappa shape index (κ2) is 7.66. The summed E-state index contributed by atoms with van der Waals surface area (Å²) in [5, 5.41) is 0. The summed E-state index contributed by atoms with van der Waals surface area (Å²) in [6.45, 7) is 1.91. The minimum atomic E-state index is -0.465. The summed E-state index contributed by atoms with van der Waals surface area (Å²) in [5.74, 6) is 0.650. The number of hydrogen-bond donors (Lipinski definition) is 0. The van der Waals surface area contributed by atoms with E-state index in [-0.39, 0.29) is 5.76 Å². The molecule has 0 saturated heterocycles. The highest BCUT2D eigenvalue weighted by Gasteiger charge is 2.19. The lowest BCUT2D eigenvalue weighted by Gasteiger charge is -2.21. The van der Waals surface area contributed by atoms with Crippen LogP contribution in [0.25, 0.3) is 0 Å². The number of methoxy groups -OCH3 is 1. The molecule has 3 aromatic rings. The van der Waals surface area contributed by atoms with E-state index in [0.29, 0.717) is 13.1 Å². The minimum Gasteiger partial charge on any atom is -0.468 e. The molecular formula is C19H19NO4. The van der Waals surface area contributed by atoms with E-state index < -0.39 is 5.97 Å². The lowest BCUT2D eigenvalue weighted by molar-refractivity contribution is 0.0561. The zero-order chi connectivity index (χ0) is 16.8. The predicted molar refractivity (Wildman–Crippen MR) is 88.1 cm³/mol. The van der Waals surface area contributed by atoms with Crippen LogP contribution in [0.5, 0.6) is 0 Å². The number of hydrogen-bond acceptors (Lipinski definition) is 5. The lowest BCUT2D eigenvalue weighted by Crippen LogP contribution is -2.23. The molecule has 124 valence electrons. The maximum Gasteiger partial charge on any atom is 0.374 e. The average Bonchev–Trinajstić information content (AvgIpc) is 3.27. The summed E-state index contributed by atoms with van der Waals surface area (Å²) in [6.07, 6.45) is 3.17. The molecule has 5 nitrogen and oxygen atoms in total. The summed E-state index contributed by atoms with van der Waals surface area (Å²) in [5.41, 5.74) is 1.98. The van der Waals surface area contributed by atoms with E-state index in [0.717, 1.165) is 17.9 Å². The fourth-order valence-electron chi connectivity index (χ4n) is 2.61. The van der Waals surface area contributed by atoms with Gasteiger partial charge in [-0.05, 0) is 23.8 Å². The second-order valence-electron chi connectivity index (χ2n) is 5.48. The third-order valence-corrected chi connectivity index (χ3v) is 3.72. The molecule has 0 unspecified atom stereocenters. The Kier molecular flexibility index (Phi) is 5.13. The van der Waals surface area contributed by atoms with Crippen molar-refractivity contribution in [3.05, 3.63) is 83.7 Å². The lowest BCUT2D eigenvalue weighted by atomic mass is 10.1. The molecule has 0 amide bonds. The Morgan fingerprint density at radius 3 is 2.50 bits per heavy atom. The first-order valence-corrected chi connectivity index (χ1v) is 7.69. The van der Waals surface area contributed by atoms with Crippen molar-refractivity contribution in [3.63, 3.8) is 0 Å². The van der Waals surface area contributed by atoms with Crippen molar-refractivity contribution in [3.8, 4) is 0 Å². The largest absolute Gasteiger partial charge is 0.468 e. The van der Waals surface area contributed by atoms with Crippen molar-refractivity contribution in [2.24, 2.45) is 0 Å². The van der Waals surface area contributed by atoms with Crippen molar-refractivity contribution in [1.82, 2.24) is 4.90 Å². The van der Waals surface area contributed by atoms with Gasteiger partial charge in [-0.2, -0.15) is 0 Å². The number of benzene rings is 1. The minimum absolute atomic E-state index is 0.245. The topological polar surface area (TPSA) is 55.8 Å². The quantitative estimate of drug-likeness (QED) is 0.617. The Balaban J connectivity index is 1.79. The Bertz CT molecular complexity index is 762. The molecule has 0 saturated carbocycles. The zero-order valence-corrected chi connectivity index (χ0v) is 13.5. The van der Waals surface area contributed by atoms with Gasteiger partial charge in [-0.25, -0.2) is 4.79 Å². The molecule has 0 N–H and O–H groups in total. The molecule has 24 heavy (non-hydrogen) atoms. The van der Waals surface area contributed by atoms with Crippen molar-refractivity contribution in [2.75, 3.05) is 7.11 Å². The number of carbonyl (C=O) groups is 1. The number of nitrogens with zero attached hydrogens (tertiary/aromatic N) is 1. The molecular weight excluding hydrogens is 306 g/mol. The summed E-state index contributed by atoms with van der Waals surface area (Å²) < 4.78 is 15.5. The average molecular weight is 325 g/mol. The van der Waals surface area contributed by atoms with E-state index in [1.165, 1.54) is 18.9 Å². The van der Waals surface area contributed by atoms with Gasteiger partial charge in [0.25, 0.3) is 0 Å². The first-order chi connectivity index (χ1) is 11.8. The first-order valence-electron chi connectivity index (χ1n) is 7.69. The van der Waals surface area contributed by atoms with Gasteiger partial charge in [0.2, 0.25) is 5.76 Å². The van der Waals surface area contributed by atoms with E-state index in [2.05, 4.69) is 17.0 Å². The van der Waals surface area contributed by atoms with Crippen LogP contribution in [0, 0.1) is 0 Å². The van der Waals surface area contributed by atoms with Crippen LogP contribution in [-0.2, 0) is 24.4 Å². The van der Waals surface area contributed by atoms with Gasteiger partial charge in [0.05, 0.1) is 26.2 Å². The standard InChI is InChI=1S/C19H19NO4/c1-22-19(21)18-16(9-11-24-18)13-20(14-17-8-5-10-23-17)12-15-6-3-2-4-7-15/h2-11H,12-14H2,1H3. The van der Waals surface area contributed by atoms with Crippen LogP contribution >= 0.6 is 0 Å². The van der Waals surface area contributed by atoms with Gasteiger partial charge >= 0.3 is 5.97 Å². The molecule has 0 aliphatic heterocycles. The predicted octanol–water partition coefficient (Wildman–Crippen LogP) is 3.86. The van der Waals surface area contributed by atoms with Gasteiger partial charge in [0, 0.05) is 18.7 Å². The van der Waals surface area contributed by atoms with Crippen molar-refractivity contribution in [2.45, 2.75) is 19.6 Å². The third kappa shape index (κ3) is 3.94. The molecule has 0 bridgehead atoms. The number of esters is 1. The van der Waals surface area contributed by atoms with Crippen LogP contribution in [0.2, 0.25) is 0 Å². The number of carbonyl (C=O) groups excluding carboxylic acids is 1. The van der Waals surface area contributed by atoms with Crippen LogP contribution in [0.4, 0.5) is 0 Å². The number of furan rings is 2. The molecule has 2 aromatic heterocycles. The van der Waals surface area contributed by atoms with Gasteiger partial charge in [-0.1, -0.05) is 30.3 Å². The molecule has 0 aliphatic rings. The van der Waals surface area contributed by atoms with E-state index in [1.807, 2.05) is 30.3 Å². The Labute approximate surface area is 140 Å². The molecule has 3 rings (SSSR count). The van der Waals surface area contributed by atoms with Crippen LogP contribution in [0.3, 0.4) is 0 Å². The van der Waals surface area contributed by atoms with Crippen LogP contribution in [0.15, 0.2) is 69.9 Å². The smallest absolute Gasteiger partial charge is 0.374 e. The molecule has 0 fully saturated rings. The first kappa shape index (κ1) is 16.1. The van der Waals surface area contributed by atoms with Crippen LogP contribution in [0.1, 0.15) is 27.4 Å². The van der Waals surface area contributed by atoms with Gasteiger partial charge in [-0.3, -0.25) is 4.90 Å². The van der Waals surface area contributed by atoms with E-state index in [9.17, 15) is 4.79 Å². The molecule has 2 heterocycles. The summed E-state index contributed by atoms with van der Waals surface area (Å²) >= 11 is 0. The van der Waals surface area contributed by atoms with Gasteiger partial charge in [0.15, 0.2) is 0 Å². The van der Waals surface area contributed by atoms with Crippen molar-refractivity contribution in [1.29, 1.82) is 0 Å². The Morgan fingerprint density at radius 2 is 1.79 bits per heavy atom. The van der Waals surface area contributed by atoms with E-state index in [1.54, 1.807) is 12.3 Å². The molecule has 5 heteroatoms. The van der Waals surface area contributed by atoms with Crippen molar-refractivity contribution >= 4 is 5.97 Å². The fraction of sp³-hybridized carbons (Fsp3) is 0.211. The van der Waals surface area contributed by atoms with Crippen molar-refractivity contribution < 1.29 is 18.4 Å². The summed E-state index contributed by atoms with van der Waals surface area (Å²) in [6, 6.07) is 15.8. The van der Waals surface area contributed by atoms with Gasteiger partial charge in [0.1, 0.15) is 5.76 Å². The maximum absolute atomic E-state index is 11.8. The van der Waals surface area contributed by atoms with E-state index >= 15 is 0 Å². The van der Waals surface area contributed by atoms with Crippen LogP contribution < -0.4 is 0 Å². The van der Waals surface area contributed by atoms with Gasteiger partial charge < -0.3 is 13.6 Å². The third-order valence-electron chi connectivity index (χ3n) is 3.72. The number of rotatable bonds is 7. The van der Waals surface area contributed by atoms with E-state index in [4.69, 9.17) is 13.6 Å². The molecule has 0 atom stereocenters. The summed E-state index contributed by atoms with van der Waals surface area (Å²) in [4.78, 5) is 14.0. The highest BCUT2D eigenvalue weighted by Crippen LogP contribution is 2.18. The summed E-state index contributed by atoms with van der Waals surface area (Å²) in [7, 11) is 1.35. The second-order valence-corrected chi connectivity index (χ2v) is 5.48. The molecule has 1 aromatic carbocycles. The van der Waals surface area contributed by atoms with Gasteiger partial charge in [-0.15, -0.1) is 0 Å².